The molecule has 5 nitrogen and oxygen atoms in total. The Kier molecular flexibility index (Phi) is 6.13. The first kappa shape index (κ1) is 18.3. The van der Waals surface area contributed by atoms with Crippen LogP contribution in [-0.4, -0.2) is 92.3 Å². The molecule has 0 spiro atoms. The van der Waals surface area contributed by atoms with Crippen LogP contribution < -0.4 is 5.32 Å². The van der Waals surface area contributed by atoms with Gasteiger partial charge in [0.25, 0.3) is 0 Å². The number of likely N-dealkylation sites (tertiary alicyclic amines) is 1. The van der Waals surface area contributed by atoms with Crippen LogP contribution in [0.3, 0.4) is 0 Å². The van der Waals surface area contributed by atoms with Gasteiger partial charge in [-0.25, -0.2) is 0 Å². The van der Waals surface area contributed by atoms with Crippen LogP contribution in [0.5, 0.6) is 0 Å². The number of halogens is 3. The summed E-state index contributed by atoms with van der Waals surface area (Å²) in [5.41, 5.74) is 0. The molecular formula is C15H28F3N5. The van der Waals surface area contributed by atoms with E-state index in [4.69, 9.17) is 0 Å². The van der Waals surface area contributed by atoms with Gasteiger partial charge < -0.3 is 15.1 Å². The van der Waals surface area contributed by atoms with Crippen LogP contribution in [0, 0.1) is 0 Å². The highest BCUT2D eigenvalue weighted by atomic mass is 19.4. The number of piperazine rings is 1. The Morgan fingerprint density at radius 3 is 2.35 bits per heavy atom. The summed E-state index contributed by atoms with van der Waals surface area (Å²) in [6, 6.07) is -0.870. The van der Waals surface area contributed by atoms with Crippen LogP contribution in [0.25, 0.3) is 0 Å². The van der Waals surface area contributed by atoms with Crippen molar-refractivity contribution in [3.63, 3.8) is 0 Å². The van der Waals surface area contributed by atoms with Crippen molar-refractivity contribution in [3.05, 3.63) is 0 Å². The van der Waals surface area contributed by atoms with Crippen molar-refractivity contribution in [1.82, 2.24) is 20.0 Å². The van der Waals surface area contributed by atoms with Crippen molar-refractivity contribution in [2.45, 2.75) is 38.0 Å². The number of rotatable bonds is 3. The lowest BCUT2D eigenvalue weighted by Gasteiger charge is -2.40. The molecule has 0 saturated carbocycles. The standard InChI is InChI=1S/C15H28F3N5/c1-12(15(16,17)18)22-7-9-23(10-8-22)14(19-2)20-11-13-5-4-6-21(13)3/h12-13H,4-11H2,1-3H3,(H,19,20). The average Bonchev–Trinajstić information content (AvgIpc) is 2.92. The second-order valence-electron chi connectivity index (χ2n) is 6.45. The van der Waals surface area contributed by atoms with E-state index in [9.17, 15) is 13.2 Å². The Balaban J connectivity index is 1.80. The number of hydrogen-bond acceptors (Lipinski definition) is 3. The summed E-state index contributed by atoms with van der Waals surface area (Å²) in [5.74, 6) is 0.796. The third-order valence-corrected chi connectivity index (χ3v) is 5.01. The van der Waals surface area contributed by atoms with Crippen LogP contribution >= 0.6 is 0 Å². The van der Waals surface area contributed by atoms with Gasteiger partial charge in [0.05, 0.1) is 0 Å². The van der Waals surface area contributed by atoms with E-state index in [0.29, 0.717) is 32.2 Å². The third kappa shape index (κ3) is 4.73. The van der Waals surface area contributed by atoms with Crippen molar-refractivity contribution < 1.29 is 13.2 Å². The van der Waals surface area contributed by atoms with Crippen molar-refractivity contribution in [1.29, 1.82) is 0 Å². The van der Waals surface area contributed by atoms with Gasteiger partial charge in [-0.3, -0.25) is 9.89 Å². The summed E-state index contributed by atoms with van der Waals surface area (Å²) in [6.07, 6.45) is -1.76. The van der Waals surface area contributed by atoms with E-state index in [1.807, 2.05) is 0 Å². The van der Waals surface area contributed by atoms with E-state index in [1.54, 1.807) is 7.05 Å². The number of nitrogens with zero attached hydrogens (tertiary/aromatic N) is 4. The minimum absolute atomic E-state index is 0.407. The maximum absolute atomic E-state index is 12.8. The van der Waals surface area contributed by atoms with Gasteiger partial charge in [0.2, 0.25) is 0 Å². The van der Waals surface area contributed by atoms with Crippen molar-refractivity contribution >= 4 is 5.96 Å². The number of aliphatic imine (C=N–C) groups is 1. The normalized spacial score (nSPS) is 26.6. The summed E-state index contributed by atoms with van der Waals surface area (Å²) in [7, 11) is 3.85. The van der Waals surface area contributed by atoms with Gasteiger partial charge in [0.1, 0.15) is 6.04 Å². The van der Waals surface area contributed by atoms with Crippen LogP contribution in [0.2, 0.25) is 0 Å². The lowest BCUT2D eigenvalue weighted by atomic mass is 10.2. The maximum Gasteiger partial charge on any atom is 0.403 e. The van der Waals surface area contributed by atoms with Crippen LogP contribution in [0.1, 0.15) is 19.8 Å². The number of nitrogens with one attached hydrogen (secondary N) is 1. The zero-order valence-electron chi connectivity index (χ0n) is 14.2. The zero-order chi connectivity index (χ0) is 17.0. The minimum atomic E-state index is -4.16. The quantitative estimate of drug-likeness (QED) is 0.621. The fraction of sp³-hybridized carbons (Fsp3) is 0.933. The molecule has 2 unspecified atom stereocenters. The van der Waals surface area contributed by atoms with Gasteiger partial charge in [0, 0.05) is 45.8 Å². The molecule has 0 amide bonds. The number of hydrogen-bond donors (Lipinski definition) is 1. The van der Waals surface area contributed by atoms with Gasteiger partial charge in [0.15, 0.2) is 5.96 Å². The summed E-state index contributed by atoms with van der Waals surface area (Å²) in [5, 5.41) is 3.38. The van der Waals surface area contributed by atoms with E-state index >= 15 is 0 Å². The number of likely N-dealkylation sites (N-methyl/N-ethyl adjacent to an activating group) is 1. The highest BCUT2D eigenvalue weighted by Crippen LogP contribution is 2.25. The molecule has 2 aliphatic rings. The summed E-state index contributed by atoms with van der Waals surface area (Å²) >= 11 is 0. The monoisotopic (exact) mass is 335 g/mol. The van der Waals surface area contributed by atoms with Gasteiger partial charge in [-0.15, -0.1) is 0 Å². The number of alkyl halides is 3. The predicted octanol–water partition coefficient (Wildman–Crippen LogP) is 1.22. The predicted molar refractivity (Wildman–Crippen MR) is 85.7 cm³/mol. The molecule has 0 aromatic heterocycles. The minimum Gasteiger partial charge on any atom is -0.355 e. The molecule has 2 atom stereocenters. The molecule has 2 fully saturated rings. The summed E-state index contributed by atoms with van der Waals surface area (Å²) in [6.45, 7) is 5.15. The third-order valence-electron chi connectivity index (χ3n) is 5.01. The van der Waals surface area contributed by atoms with E-state index in [2.05, 4.69) is 27.2 Å². The van der Waals surface area contributed by atoms with Gasteiger partial charge in [-0.2, -0.15) is 13.2 Å². The first-order valence-electron chi connectivity index (χ1n) is 8.29. The lowest BCUT2D eigenvalue weighted by molar-refractivity contribution is -0.181. The van der Waals surface area contributed by atoms with Crippen molar-refractivity contribution in [2.24, 2.45) is 4.99 Å². The van der Waals surface area contributed by atoms with E-state index in [-0.39, 0.29) is 0 Å². The Bertz CT molecular complexity index is 404. The second kappa shape index (κ2) is 7.70. The maximum atomic E-state index is 12.8. The van der Waals surface area contributed by atoms with Crippen LogP contribution in [-0.2, 0) is 0 Å². The molecule has 23 heavy (non-hydrogen) atoms. The van der Waals surface area contributed by atoms with E-state index in [0.717, 1.165) is 19.0 Å². The first-order chi connectivity index (χ1) is 10.8. The summed E-state index contributed by atoms with van der Waals surface area (Å²) in [4.78, 5) is 10.2. The molecule has 2 heterocycles. The number of guanidine groups is 1. The smallest absolute Gasteiger partial charge is 0.355 e. The van der Waals surface area contributed by atoms with Crippen molar-refractivity contribution in [2.75, 3.05) is 53.4 Å². The van der Waals surface area contributed by atoms with Crippen molar-refractivity contribution in [3.8, 4) is 0 Å². The van der Waals surface area contributed by atoms with E-state index < -0.39 is 12.2 Å². The molecule has 0 radical (unpaired) electrons. The fourth-order valence-electron chi connectivity index (χ4n) is 3.31. The zero-order valence-corrected chi connectivity index (χ0v) is 14.2. The molecular weight excluding hydrogens is 307 g/mol. The first-order valence-corrected chi connectivity index (χ1v) is 8.29. The molecule has 1 N–H and O–H groups in total. The highest BCUT2D eigenvalue weighted by Gasteiger charge is 2.41. The summed E-state index contributed by atoms with van der Waals surface area (Å²) < 4.78 is 38.4. The largest absolute Gasteiger partial charge is 0.403 e. The molecule has 2 saturated heterocycles. The molecule has 0 bridgehead atoms. The Morgan fingerprint density at radius 1 is 1.22 bits per heavy atom. The van der Waals surface area contributed by atoms with Crippen LogP contribution in [0.4, 0.5) is 13.2 Å². The Hall–Kier alpha value is -1.02. The molecule has 0 aromatic rings. The molecule has 8 heteroatoms. The lowest BCUT2D eigenvalue weighted by Crippen LogP contribution is -2.57. The van der Waals surface area contributed by atoms with Gasteiger partial charge in [-0.1, -0.05) is 0 Å². The molecule has 0 aliphatic carbocycles. The highest BCUT2D eigenvalue weighted by molar-refractivity contribution is 5.80. The average molecular weight is 335 g/mol. The molecule has 2 rings (SSSR count). The topological polar surface area (TPSA) is 34.1 Å². The van der Waals surface area contributed by atoms with E-state index in [1.165, 1.54) is 24.7 Å². The molecule has 0 aromatic carbocycles. The van der Waals surface area contributed by atoms with Gasteiger partial charge >= 0.3 is 6.18 Å². The Morgan fingerprint density at radius 2 is 1.87 bits per heavy atom. The fourth-order valence-corrected chi connectivity index (χ4v) is 3.31. The van der Waals surface area contributed by atoms with Gasteiger partial charge in [-0.05, 0) is 33.4 Å². The van der Waals surface area contributed by atoms with Crippen LogP contribution in [0.15, 0.2) is 4.99 Å². The molecule has 134 valence electrons. The Labute approximate surface area is 136 Å². The SMILES string of the molecule is CN=C(NCC1CCCN1C)N1CCN(C(C)C(F)(F)F)CC1. The molecule has 2 aliphatic heterocycles. The second-order valence-corrected chi connectivity index (χ2v) is 6.45.